The van der Waals surface area contributed by atoms with Crippen LogP contribution in [0.2, 0.25) is 0 Å². The second-order valence-corrected chi connectivity index (χ2v) is 7.05. The summed E-state index contributed by atoms with van der Waals surface area (Å²) in [6.07, 6.45) is -2.31. The summed E-state index contributed by atoms with van der Waals surface area (Å²) in [7, 11) is 1.65. The topological polar surface area (TPSA) is 85.4 Å². The van der Waals surface area contributed by atoms with Gasteiger partial charge >= 0.3 is 12.2 Å². The van der Waals surface area contributed by atoms with Crippen LogP contribution in [0.5, 0.6) is 5.75 Å². The van der Waals surface area contributed by atoms with Crippen molar-refractivity contribution >= 4 is 17.7 Å². The van der Waals surface area contributed by atoms with Gasteiger partial charge in [0.2, 0.25) is 0 Å². The molecule has 2 aromatic heterocycles. The number of alkyl halides is 3. The molecule has 0 radical (unpaired) electrons. The number of rotatable bonds is 5. The summed E-state index contributed by atoms with van der Waals surface area (Å²) in [5.41, 5.74) is -0.854. The monoisotopic (exact) mass is 439 g/mol. The molecule has 31 heavy (non-hydrogen) atoms. The molecule has 1 N–H and O–H groups in total. The Kier molecular flexibility index (Phi) is 5.07. The molecule has 8 nitrogen and oxygen atoms in total. The first-order valence-electron chi connectivity index (χ1n) is 9.15. The van der Waals surface area contributed by atoms with Crippen molar-refractivity contribution in [1.82, 2.24) is 14.8 Å². The number of benzene rings is 1. The zero-order valence-electron chi connectivity index (χ0n) is 16.4. The van der Waals surface area contributed by atoms with Crippen molar-refractivity contribution in [2.24, 2.45) is 7.05 Å². The lowest BCUT2D eigenvalue weighted by atomic mass is 10.1. The summed E-state index contributed by atoms with van der Waals surface area (Å²) >= 11 is 0. The first kappa shape index (κ1) is 20.7. The van der Waals surface area contributed by atoms with Crippen LogP contribution in [-0.4, -0.2) is 39.9 Å². The maximum atomic E-state index is 13.5. The van der Waals surface area contributed by atoms with Crippen molar-refractivity contribution in [3.63, 3.8) is 0 Å². The molecule has 0 atom stereocenters. The Hall–Kier alpha value is -3.57. The van der Waals surface area contributed by atoms with Crippen LogP contribution < -0.4 is 15.0 Å². The van der Waals surface area contributed by atoms with Crippen LogP contribution in [0.15, 0.2) is 35.0 Å². The van der Waals surface area contributed by atoms with Gasteiger partial charge in [-0.2, -0.15) is 18.3 Å². The van der Waals surface area contributed by atoms with Crippen molar-refractivity contribution in [3.8, 4) is 5.75 Å². The number of halogens is 4. The number of ether oxygens (including phenoxy) is 1. The molecule has 1 fully saturated rings. The molecule has 1 saturated heterocycles. The van der Waals surface area contributed by atoms with Crippen LogP contribution in [0, 0.1) is 12.7 Å². The van der Waals surface area contributed by atoms with Gasteiger partial charge < -0.3 is 14.1 Å². The molecule has 3 heterocycles. The van der Waals surface area contributed by atoms with Gasteiger partial charge in [-0.3, -0.25) is 14.8 Å². The van der Waals surface area contributed by atoms with Gasteiger partial charge in [0.15, 0.2) is 0 Å². The summed E-state index contributed by atoms with van der Waals surface area (Å²) in [5.74, 6) is -0.687. The molecule has 1 aliphatic rings. The van der Waals surface area contributed by atoms with E-state index in [2.05, 4.69) is 15.4 Å². The Labute approximate surface area is 173 Å². The molecular weight excluding hydrogens is 422 g/mol. The summed E-state index contributed by atoms with van der Waals surface area (Å²) < 4.78 is 64.4. The first-order valence-corrected chi connectivity index (χ1v) is 9.15. The molecule has 1 aliphatic heterocycles. The minimum atomic E-state index is -4.68. The first-order chi connectivity index (χ1) is 14.6. The van der Waals surface area contributed by atoms with Crippen molar-refractivity contribution in [2.75, 3.05) is 23.3 Å². The standard InChI is InChI=1S/C19H17F4N5O3/c1-10-6-24-18(30-10)26-16(29)15-7-25-27(2)17(15)28-8-14(9-28)31-13-4-11(19(21,22)23)3-12(20)5-13/h3-7,14H,8-9H2,1-2H3,(H,24,26,29). The van der Waals surface area contributed by atoms with E-state index in [1.54, 1.807) is 18.9 Å². The highest BCUT2D eigenvalue weighted by Gasteiger charge is 2.35. The van der Waals surface area contributed by atoms with Gasteiger partial charge in [0.25, 0.3) is 5.91 Å². The molecule has 1 amide bonds. The summed E-state index contributed by atoms with van der Waals surface area (Å²) in [6.45, 7) is 2.24. The lowest BCUT2D eigenvalue weighted by Gasteiger charge is -2.40. The Morgan fingerprint density at radius 2 is 2.00 bits per heavy atom. The van der Waals surface area contributed by atoms with Gasteiger partial charge in [-0.15, -0.1) is 0 Å². The van der Waals surface area contributed by atoms with E-state index in [0.29, 0.717) is 17.6 Å². The summed E-state index contributed by atoms with van der Waals surface area (Å²) in [4.78, 5) is 18.3. The number of hydrogen-bond acceptors (Lipinski definition) is 6. The largest absolute Gasteiger partial charge is 0.487 e. The number of anilines is 2. The Balaban J connectivity index is 1.43. The van der Waals surface area contributed by atoms with E-state index < -0.39 is 29.6 Å². The maximum absolute atomic E-state index is 13.5. The summed E-state index contributed by atoms with van der Waals surface area (Å²) in [6, 6.07) is 2.12. The van der Waals surface area contributed by atoms with E-state index in [1.165, 1.54) is 17.1 Å². The predicted octanol–water partition coefficient (Wildman–Crippen LogP) is 3.39. The third kappa shape index (κ3) is 4.32. The van der Waals surface area contributed by atoms with Gasteiger partial charge in [0.05, 0.1) is 31.0 Å². The average Bonchev–Trinajstić information content (AvgIpc) is 3.22. The van der Waals surface area contributed by atoms with Crippen LogP contribution in [0.3, 0.4) is 0 Å². The number of oxazole rings is 1. The Morgan fingerprint density at radius 1 is 1.26 bits per heavy atom. The van der Waals surface area contributed by atoms with Crippen LogP contribution in [0.4, 0.5) is 29.4 Å². The fourth-order valence-corrected chi connectivity index (χ4v) is 3.22. The van der Waals surface area contributed by atoms with Crippen LogP contribution in [-0.2, 0) is 13.2 Å². The lowest BCUT2D eigenvalue weighted by molar-refractivity contribution is -0.137. The normalized spacial score (nSPS) is 14.5. The van der Waals surface area contributed by atoms with Crippen molar-refractivity contribution < 1.29 is 31.5 Å². The minimum absolute atomic E-state index is 0.0497. The number of nitrogens with one attached hydrogen (secondary N) is 1. The maximum Gasteiger partial charge on any atom is 0.416 e. The predicted molar refractivity (Wildman–Crippen MR) is 100 cm³/mol. The Morgan fingerprint density at radius 3 is 2.65 bits per heavy atom. The number of nitrogens with zero attached hydrogens (tertiary/aromatic N) is 4. The van der Waals surface area contributed by atoms with Gasteiger partial charge in [0, 0.05) is 13.1 Å². The van der Waals surface area contributed by atoms with E-state index in [-0.39, 0.29) is 30.4 Å². The molecular formula is C19H17F4N5O3. The van der Waals surface area contributed by atoms with Gasteiger partial charge in [-0.05, 0) is 19.1 Å². The molecule has 4 rings (SSSR count). The molecule has 1 aromatic carbocycles. The fraction of sp³-hybridized carbons (Fsp3) is 0.316. The zero-order chi connectivity index (χ0) is 22.3. The molecule has 12 heteroatoms. The quantitative estimate of drug-likeness (QED) is 0.614. The van der Waals surface area contributed by atoms with Crippen LogP contribution in [0.1, 0.15) is 21.7 Å². The van der Waals surface area contributed by atoms with E-state index in [9.17, 15) is 22.4 Å². The average molecular weight is 439 g/mol. The number of aromatic nitrogens is 3. The third-order valence-corrected chi connectivity index (χ3v) is 4.64. The van der Waals surface area contributed by atoms with Gasteiger partial charge in [0.1, 0.15) is 34.8 Å². The van der Waals surface area contributed by atoms with Crippen LogP contribution in [0.25, 0.3) is 0 Å². The molecule has 0 unspecified atom stereocenters. The number of amides is 1. The van der Waals surface area contributed by atoms with E-state index in [0.717, 1.165) is 12.1 Å². The Bertz CT molecular complexity index is 1120. The number of aryl methyl sites for hydroxylation is 2. The van der Waals surface area contributed by atoms with E-state index in [4.69, 9.17) is 9.15 Å². The molecule has 164 valence electrons. The van der Waals surface area contributed by atoms with E-state index >= 15 is 0 Å². The van der Waals surface area contributed by atoms with E-state index in [1.807, 2.05) is 0 Å². The van der Waals surface area contributed by atoms with Gasteiger partial charge in [-0.25, -0.2) is 9.37 Å². The highest BCUT2D eigenvalue weighted by Crippen LogP contribution is 2.34. The fourth-order valence-electron chi connectivity index (χ4n) is 3.22. The minimum Gasteiger partial charge on any atom is -0.487 e. The lowest BCUT2D eigenvalue weighted by Crippen LogP contribution is -2.55. The van der Waals surface area contributed by atoms with Crippen molar-refractivity contribution in [1.29, 1.82) is 0 Å². The van der Waals surface area contributed by atoms with Gasteiger partial charge in [-0.1, -0.05) is 0 Å². The second-order valence-electron chi connectivity index (χ2n) is 7.05. The number of carbonyl (C=O) groups excluding carboxylic acids is 1. The van der Waals surface area contributed by atoms with Crippen molar-refractivity contribution in [3.05, 3.63) is 53.3 Å². The second kappa shape index (κ2) is 7.60. The number of carbonyl (C=O) groups is 1. The molecule has 0 saturated carbocycles. The third-order valence-electron chi connectivity index (χ3n) is 4.64. The molecule has 0 bridgehead atoms. The molecule has 0 aliphatic carbocycles. The molecule has 3 aromatic rings. The zero-order valence-corrected chi connectivity index (χ0v) is 16.4. The smallest absolute Gasteiger partial charge is 0.416 e. The highest BCUT2D eigenvalue weighted by atomic mass is 19.4. The van der Waals surface area contributed by atoms with Crippen molar-refractivity contribution in [2.45, 2.75) is 19.2 Å². The number of hydrogen-bond donors (Lipinski definition) is 1. The molecule has 0 spiro atoms. The van der Waals surface area contributed by atoms with Crippen LogP contribution >= 0.6 is 0 Å². The highest BCUT2D eigenvalue weighted by molar-refractivity contribution is 6.06. The summed E-state index contributed by atoms with van der Waals surface area (Å²) in [5, 5.41) is 6.63. The SMILES string of the molecule is Cc1cnc(NC(=O)c2cnn(C)c2N2CC(Oc3cc(F)cc(C(F)(F)F)c3)C2)o1.